The first-order chi connectivity index (χ1) is 14.2. The van der Waals surface area contributed by atoms with Gasteiger partial charge in [-0.3, -0.25) is 24.1 Å². The van der Waals surface area contributed by atoms with E-state index in [2.05, 4.69) is 0 Å². The first-order valence-corrected chi connectivity index (χ1v) is 10.2. The Hall–Kier alpha value is -3.01. The van der Waals surface area contributed by atoms with E-state index in [0.29, 0.717) is 30.1 Å². The van der Waals surface area contributed by atoms with Crippen molar-refractivity contribution in [2.24, 2.45) is 5.73 Å². The summed E-state index contributed by atoms with van der Waals surface area (Å²) in [5, 5.41) is -0.543. The second kappa shape index (κ2) is 10.7. The van der Waals surface area contributed by atoms with Crippen molar-refractivity contribution in [1.29, 1.82) is 0 Å². The summed E-state index contributed by atoms with van der Waals surface area (Å²) >= 11 is 0.738. The van der Waals surface area contributed by atoms with Gasteiger partial charge < -0.3 is 19.9 Å². The SMILES string of the molecule is CCOc1cc(/C=C2\SC(=O)N(CC(=O)O[C@H](C)CC)C2=O)ccc1OCC(N)=O. The maximum Gasteiger partial charge on any atom is 0.326 e. The molecule has 0 aliphatic carbocycles. The first kappa shape index (κ1) is 23.3. The van der Waals surface area contributed by atoms with Crippen LogP contribution in [0, 0.1) is 0 Å². The Balaban J connectivity index is 2.16. The lowest BCUT2D eigenvalue weighted by Gasteiger charge is -2.14. The van der Waals surface area contributed by atoms with E-state index < -0.39 is 29.6 Å². The normalized spacial score (nSPS) is 16.0. The van der Waals surface area contributed by atoms with E-state index in [1.165, 1.54) is 6.08 Å². The van der Waals surface area contributed by atoms with Crippen LogP contribution in [0.4, 0.5) is 4.79 Å². The highest BCUT2D eigenvalue weighted by Crippen LogP contribution is 2.34. The Kier molecular flexibility index (Phi) is 8.28. The van der Waals surface area contributed by atoms with Gasteiger partial charge in [0.05, 0.1) is 17.6 Å². The summed E-state index contributed by atoms with van der Waals surface area (Å²) in [4.78, 5) is 48.6. The lowest BCUT2D eigenvalue weighted by atomic mass is 10.2. The zero-order valence-electron chi connectivity index (χ0n) is 17.0. The number of primary amides is 1. The Bertz CT molecular complexity index is 869. The first-order valence-electron chi connectivity index (χ1n) is 9.37. The Morgan fingerprint density at radius 3 is 2.57 bits per heavy atom. The second-order valence-electron chi connectivity index (χ2n) is 6.37. The van der Waals surface area contributed by atoms with Crippen molar-refractivity contribution in [2.75, 3.05) is 19.8 Å². The molecule has 1 atom stereocenters. The molecular weight excluding hydrogens is 412 g/mol. The van der Waals surface area contributed by atoms with Crippen LogP contribution < -0.4 is 15.2 Å². The summed E-state index contributed by atoms with van der Waals surface area (Å²) in [5.74, 6) is -1.14. The highest BCUT2D eigenvalue weighted by atomic mass is 32.2. The van der Waals surface area contributed by atoms with E-state index >= 15 is 0 Å². The van der Waals surface area contributed by atoms with Crippen molar-refractivity contribution in [2.45, 2.75) is 33.3 Å². The molecule has 1 saturated heterocycles. The molecule has 2 rings (SSSR count). The van der Waals surface area contributed by atoms with E-state index in [9.17, 15) is 19.2 Å². The number of ether oxygens (including phenoxy) is 3. The van der Waals surface area contributed by atoms with Gasteiger partial charge in [-0.05, 0) is 55.8 Å². The van der Waals surface area contributed by atoms with Crippen molar-refractivity contribution in [3.05, 3.63) is 28.7 Å². The van der Waals surface area contributed by atoms with Gasteiger partial charge in [0.2, 0.25) is 0 Å². The minimum atomic E-state index is -0.637. The summed E-state index contributed by atoms with van der Waals surface area (Å²) in [5.41, 5.74) is 5.67. The zero-order valence-corrected chi connectivity index (χ0v) is 17.8. The highest BCUT2D eigenvalue weighted by molar-refractivity contribution is 8.18. The summed E-state index contributed by atoms with van der Waals surface area (Å²) in [7, 11) is 0. The largest absolute Gasteiger partial charge is 0.490 e. The van der Waals surface area contributed by atoms with Gasteiger partial charge in [-0.15, -0.1) is 0 Å². The predicted molar refractivity (Wildman–Crippen MR) is 111 cm³/mol. The number of amides is 3. The molecular formula is C20H24N2O7S. The summed E-state index contributed by atoms with van der Waals surface area (Å²) in [6.45, 7) is 5.00. The van der Waals surface area contributed by atoms with Crippen molar-refractivity contribution >= 4 is 40.9 Å². The molecule has 1 fully saturated rings. The number of benzene rings is 1. The van der Waals surface area contributed by atoms with Gasteiger partial charge in [-0.1, -0.05) is 13.0 Å². The molecule has 162 valence electrons. The molecule has 2 N–H and O–H groups in total. The molecule has 1 aromatic rings. The van der Waals surface area contributed by atoms with Crippen LogP contribution in [0.15, 0.2) is 23.1 Å². The number of rotatable bonds is 10. The van der Waals surface area contributed by atoms with Crippen LogP contribution in [0.1, 0.15) is 32.8 Å². The summed E-state index contributed by atoms with van der Waals surface area (Å²) in [6.07, 6.45) is 1.86. The average Bonchev–Trinajstić information content (AvgIpc) is 2.94. The smallest absolute Gasteiger partial charge is 0.326 e. The Labute approximate surface area is 178 Å². The highest BCUT2D eigenvalue weighted by Gasteiger charge is 2.36. The van der Waals surface area contributed by atoms with Gasteiger partial charge in [-0.2, -0.15) is 0 Å². The number of hydrogen-bond acceptors (Lipinski definition) is 8. The molecule has 0 spiro atoms. The number of thioether (sulfide) groups is 1. The van der Waals surface area contributed by atoms with Crippen LogP contribution >= 0.6 is 11.8 Å². The monoisotopic (exact) mass is 436 g/mol. The predicted octanol–water partition coefficient (Wildman–Crippen LogP) is 2.33. The number of carbonyl (C=O) groups is 4. The van der Waals surface area contributed by atoms with Gasteiger partial charge in [0.25, 0.3) is 17.1 Å². The van der Waals surface area contributed by atoms with E-state index in [0.717, 1.165) is 16.7 Å². The molecule has 9 nitrogen and oxygen atoms in total. The van der Waals surface area contributed by atoms with E-state index in [1.807, 2.05) is 6.92 Å². The number of imide groups is 1. The minimum Gasteiger partial charge on any atom is -0.490 e. The number of nitrogens with two attached hydrogens (primary N) is 1. The van der Waals surface area contributed by atoms with Crippen molar-refractivity contribution < 1.29 is 33.4 Å². The molecule has 30 heavy (non-hydrogen) atoms. The molecule has 10 heteroatoms. The van der Waals surface area contributed by atoms with Crippen LogP contribution in [-0.2, 0) is 19.1 Å². The molecule has 0 radical (unpaired) electrons. The van der Waals surface area contributed by atoms with Crippen LogP contribution in [0.25, 0.3) is 6.08 Å². The lowest BCUT2D eigenvalue weighted by molar-refractivity contribution is -0.150. The fourth-order valence-electron chi connectivity index (χ4n) is 2.41. The molecule has 1 aliphatic rings. The number of esters is 1. The Morgan fingerprint density at radius 1 is 1.20 bits per heavy atom. The molecule has 0 saturated carbocycles. The third-order valence-corrected chi connectivity index (χ3v) is 4.91. The van der Waals surface area contributed by atoms with Crippen LogP contribution in [0.3, 0.4) is 0 Å². The Morgan fingerprint density at radius 2 is 1.93 bits per heavy atom. The maximum absolute atomic E-state index is 12.6. The van der Waals surface area contributed by atoms with Gasteiger partial charge in [0.1, 0.15) is 6.54 Å². The topological polar surface area (TPSA) is 125 Å². The van der Waals surface area contributed by atoms with Crippen molar-refractivity contribution in [1.82, 2.24) is 4.90 Å². The molecule has 1 heterocycles. The molecule has 1 aromatic carbocycles. The summed E-state index contributed by atoms with van der Waals surface area (Å²) < 4.78 is 15.9. The fourth-order valence-corrected chi connectivity index (χ4v) is 3.25. The standard InChI is InChI=1S/C20H24N2O7S/c1-4-12(3)29-18(24)10-22-19(25)16(30-20(22)26)9-13-6-7-14(28-11-17(21)23)15(8-13)27-5-2/h6-9,12H,4-5,10-11H2,1-3H3,(H2,21,23)/b16-9-/t12-/m1/s1. The molecule has 1 aliphatic heterocycles. The number of hydrogen-bond donors (Lipinski definition) is 1. The van der Waals surface area contributed by atoms with E-state index in [1.54, 1.807) is 32.0 Å². The van der Waals surface area contributed by atoms with Crippen LogP contribution in [0.5, 0.6) is 11.5 Å². The van der Waals surface area contributed by atoms with Gasteiger partial charge in [-0.25, -0.2) is 0 Å². The van der Waals surface area contributed by atoms with Crippen LogP contribution in [0.2, 0.25) is 0 Å². The molecule has 0 bridgehead atoms. The van der Waals surface area contributed by atoms with Gasteiger partial charge in [0, 0.05) is 0 Å². The molecule has 0 unspecified atom stereocenters. The zero-order chi connectivity index (χ0) is 22.3. The minimum absolute atomic E-state index is 0.171. The maximum atomic E-state index is 12.6. The summed E-state index contributed by atoms with van der Waals surface area (Å²) in [6, 6.07) is 4.84. The second-order valence-corrected chi connectivity index (χ2v) is 7.36. The fraction of sp³-hybridized carbons (Fsp3) is 0.400. The van der Waals surface area contributed by atoms with Gasteiger partial charge in [0.15, 0.2) is 18.1 Å². The van der Waals surface area contributed by atoms with Crippen molar-refractivity contribution in [3.63, 3.8) is 0 Å². The molecule has 3 amide bonds. The number of carbonyl (C=O) groups excluding carboxylic acids is 4. The van der Waals surface area contributed by atoms with E-state index in [4.69, 9.17) is 19.9 Å². The third kappa shape index (κ3) is 6.24. The average molecular weight is 436 g/mol. The quantitative estimate of drug-likeness (QED) is 0.438. The van der Waals surface area contributed by atoms with Gasteiger partial charge >= 0.3 is 5.97 Å². The lowest BCUT2D eigenvalue weighted by Crippen LogP contribution is -2.35. The third-order valence-electron chi connectivity index (χ3n) is 4.00. The molecule has 0 aromatic heterocycles. The van der Waals surface area contributed by atoms with Crippen molar-refractivity contribution in [3.8, 4) is 11.5 Å². The van der Waals surface area contributed by atoms with Crippen LogP contribution in [-0.4, -0.2) is 53.8 Å². The van der Waals surface area contributed by atoms with E-state index in [-0.39, 0.29) is 17.6 Å². The number of nitrogens with zero attached hydrogens (tertiary/aromatic N) is 1.